The van der Waals surface area contributed by atoms with E-state index in [1.54, 1.807) is 24.5 Å². The Morgan fingerprint density at radius 3 is 2.93 bits per heavy atom. The maximum absolute atomic E-state index is 9.68. The standard InChI is InChI=1S/C10H10ClNO2/c11-7-1-2-9-6(3-4-14-9)10(7)8(13)5-12/h1-4,8,13H,5,12H2. The third kappa shape index (κ3) is 1.39. The molecule has 2 aromatic rings. The predicted molar refractivity (Wildman–Crippen MR) is 55.2 cm³/mol. The SMILES string of the molecule is NCC(O)c1c(Cl)ccc2occc12. The molecule has 0 saturated carbocycles. The molecule has 3 nitrogen and oxygen atoms in total. The molecule has 4 heteroatoms. The molecule has 1 aromatic heterocycles. The van der Waals surface area contributed by atoms with Gasteiger partial charge in [-0.25, -0.2) is 0 Å². The van der Waals surface area contributed by atoms with Crippen molar-refractivity contribution in [1.82, 2.24) is 0 Å². The van der Waals surface area contributed by atoms with Crippen LogP contribution in [0.15, 0.2) is 28.9 Å². The Kier molecular flexibility index (Phi) is 2.46. The molecule has 1 heterocycles. The van der Waals surface area contributed by atoms with Crippen molar-refractivity contribution in [3.05, 3.63) is 35.0 Å². The summed E-state index contributed by atoms with van der Waals surface area (Å²) in [5.41, 5.74) is 6.74. The number of hydrogen-bond donors (Lipinski definition) is 2. The molecule has 1 atom stereocenters. The predicted octanol–water partition coefficient (Wildman–Crippen LogP) is 2.08. The van der Waals surface area contributed by atoms with Gasteiger partial charge in [-0.1, -0.05) is 11.6 Å². The molecule has 0 bridgehead atoms. The second-order valence-corrected chi connectivity index (χ2v) is 3.45. The second kappa shape index (κ2) is 3.61. The van der Waals surface area contributed by atoms with Gasteiger partial charge in [0.05, 0.1) is 12.4 Å². The highest BCUT2D eigenvalue weighted by Gasteiger charge is 2.14. The first-order valence-corrected chi connectivity index (χ1v) is 4.65. The highest BCUT2D eigenvalue weighted by molar-refractivity contribution is 6.32. The number of nitrogens with two attached hydrogens (primary N) is 1. The lowest BCUT2D eigenvalue weighted by atomic mass is 10.1. The molecule has 0 aliphatic heterocycles. The molecule has 0 fully saturated rings. The molecule has 0 saturated heterocycles. The number of furan rings is 1. The van der Waals surface area contributed by atoms with E-state index >= 15 is 0 Å². The van der Waals surface area contributed by atoms with Gasteiger partial charge in [-0.05, 0) is 18.2 Å². The topological polar surface area (TPSA) is 59.4 Å². The van der Waals surface area contributed by atoms with Crippen molar-refractivity contribution in [2.75, 3.05) is 6.54 Å². The van der Waals surface area contributed by atoms with Crippen molar-refractivity contribution in [3.8, 4) is 0 Å². The summed E-state index contributed by atoms with van der Waals surface area (Å²) < 4.78 is 5.20. The van der Waals surface area contributed by atoms with Crippen LogP contribution in [0.5, 0.6) is 0 Å². The number of fused-ring (bicyclic) bond motifs is 1. The van der Waals surface area contributed by atoms with Crippen molar-refractivity contribution < 1.29 is 9.52 Å². The van der Waals surface area contributed by atoms with Gasteiger partial charge >= 0.3 is 0 Å². The maximum Gasteiger partial charge on any atom is 0.134 e. The molecule has 0 amide bonds. The monoisotopic (exact) mass is 211 g/mol. The van der Waals surface area contributed by atoms with Crippen LogP contribution in [0.2, 0.25) is 5.02 Å². The average molecular weight is 212 g/mol. The fourth-order valence-electron chi connectivity index (χ4n) is 1.50. The first kappa shape index (κ1) is 9.52. The van der Waals surface area contributed by atoms with Gasteiger partial charge in [-0.3, -0.25) is 0 Å². The van der Waals surface area contributed by atoms with Gasteiger partial charge in [0.25, 0.3) is 0 Å². The van der Waals surface area contributed by atoms with Crippen molar-refractivity contribution in [2.45, 2.75) is 6.10 Å². The van der Waals surface area contributed by atoms with E-state index in [1.165, 1.54) is 0 Å². The van der Waals surface area contributed by atoms with Crippen LogP contribution in [-0.2, 0) is 0 Å². The van der Waals surface area contributed by atoms with Crippen molar-refractivity contribution in [1.29, 1.82) is 0 Å². The van der Waals surface area contributed by atoms with Gasteiger partial charge in [0.15, 0.2) is 0 Å². The van der Waals surface area contributed by atoms with Gasteiger partial charge in [0.2, 0.25) is 0 Å². The van der Waals surface area contributed by atoms with Gasteiger partial charge < -0.3 is 15.3 Å². The summed E-state index contributed by atoms with van der Waals surface area (Å²) in [4.78, 5) is 0. The molecule has 74 valence electrons. The van der Waals surface area contributed by atoms with Crippen molar-refractivity contribution >= 4 is 22.6 Å². The molecule has 2 rings (SSSR count). The summed E-state index contributed by atoms with van der Waals surface area (Å²) in [6.07, 6.45) is 0.817. The van der Waals surface area contributed by atoms with E-state index in [0.717, 1.165) is 5.39 Å². The molecule has 3 N–H and O–H groups in total. The lowest BCUT2D eigenvalue weighted by Crippen LogP contribution is -2.12. The van der Waals surface area contributed by atoms with Gasteiger partial charge in [0.1, 0.15) is 5.58 Å². The number of aliphatic hydroxyl groups excluding tert-OH is 1. The van der Waals surface area contributed by atoms with Crippen LogP contribution in [0.3, 0.4) is 0 Å². The number of benzene rings is 1. The van der Waals surface area contributed by atoms with E-state index < -0.39 is 6.10 Å². The highest BCUT2D eigenvalue weighted by atomic mass is 35.5. The Morgan fingerprint density at radius 2 is 2.21 bits per heavy atom. The summed E-state index contributed by atoms with van der Waals surface area (Å²) in [5.74, 6) is 0. The van der Waals surface area contributed by atoms with E-state index in [9.17, 15) is 5.11 Å². The summed E-state index contributed by atoms with van der Waals surface area (Å²) >= 11 is 5.98. The van der Waals surface area contributed by atoms with Crippen LogP contribution in [0, 0.1) is 0 Å². The molecule has 0 aliphatic rings. The molecule has 0 aliphatic carbocycles. The molecule has 0 spiro atoms. The summed E-state index contributed by atoms with van der Waals surface area (Å²) in [7, 11) is 0. The Morgan fingerprint density at radius 1 is 1.43 bits per heavy atom. The normalized spacial score (nSPS) is 13.4. The average Bonchev–Trinajstić information content (AvgIpc) is 2.64. The van der Waals surface area contributed by atoms with E-state index in [1.807, 2.05) is 0 Å². The highest BCUT2D eigenvalue weighted by Crippen LogP contribution is 2.31. The minimum Gasteiger partial charge on any atom is -0.464 e. The van der Waals surface area contributed by atoms with Crippen LogP contribution >= 0.6 is 11.6 Å². The number of rotatable bonds is 2. The Bertz CT molecular complexity index is 452. The lowest BCUT2D eigenvalue weighted by molar-refractivity contribution is 0.188. The largest absolute Gasteiger partial charge is 0.464 e. The zero-order valence-electron chi connectivity index (χ0n) is 7.40. The lowest BCUT2D eigenvalue weighted by Gasteiger charge is -2.10. The maximum atomic E-state index is 9.68. The molecule has 1 aromatic carbocycles. The summed E-state index contributed by atoms with van der Waals surface area (Å²) in [6.45, 7) is 0.143. The van der Waals surface area contributed by atoms with E-state index in [0.29, 0.717) is 16.2 Å². The number of hydrogen-bond acceptors (Lipinski definition) is 3. The molecular weight excluding hydrogens is 202 g/mol. The minimum atomic E-state index is -0.746. The quantitative estimate of drug-likeness (QED) is 0.800. The van der Waals surface area contributed by atoms with Gasteiger partial charge in [-0.15, -0.1) is 0 Å². The van der Waals surface area contributed by atoms with E-state index in [4.69, 9.17) is 21.8 Å². The van der Waals surface area contributed by atoms with Crippen LogP contribution in [0.1, 0.15) is 11.7 Å². The zero-order valence-corrected chi connectivity index (χ0v) is 8.16. The van der Waals surface area contributed by atoms with Gasteiger partial charge in [-0.2, -0.15) is 0 Å². The summed E-state index contributed by atoms with van der Waals surface area (Å²) in [5, 5.41) is 11.0. The Balaban J connectivity index is 2.70. The van der Waals surface area contributed by atoms with Crippen LogP contribution in [0.25, 0.3) is 11.0 Å². The summed E-state index contributed by atoms with van der Waals surface area (Å²) in [6, 6.07) is 5.24. The number of halogens is 1. The van der Waals surface area contributed by atoms with Gasteiger partial charge in [0, 0.05) is 22.5 Å². The number of aliphatic hydroxyl groups is 1. The van der Waals surface area contributed by atoms with Crippen molar-refractivity contribution in [3.63, 3.8) is 0 Å². The fourth-order valence-corrected chi connectivity index (χ4v) is 1.79. The Labute approximate surface area is 86.1 Å². The first-order valence-electron chi connectivity index (χ1n) is 4.27. The first-order chi connectivity index (χ1) is 6.74. The van der Waals surface area contributed by atoms with E-state index in [-0.39, 0.29) is 6.54 Å². The molecule has 14 heavy (non-hydrogen) atoms. The van der Waals surface area contributed by atoms with Crippen LogP contribution < -0.4 is 5.73 Å². The fraction of sp³-hybridized carbons (Fsp3) is 0.200. The molecule has 1 unspecified atom stereocenters. The van der Waals surface area contributed by atoms with Crippen molar-refractivity contribution in [2.24, 2.45) is 5.73 Å². The third-order valence-corrected chi connectivity index (χ3v) is 2.51. The van der Waals surface area contributed by atoms with Crippen LogP contribution in [-0.4, -0.2) is 11.7 Å². The Hall–Kier alpha value is -1.03. The zero-order chi connectivity index (χ0) is 10.1. The minimum absolute atomic E-state index is 0.143. The molecule has 0 radical (unpaired) electrons. The molecular formula is C10H10ClNO2. The van der Waals surface area contributed by atoms with Crippen LogP contribution in [0.4, 0.5) is 0 Å². The third-order valence-electron chi connectivity index (χ3n) is 2.18. The van der Waals surface area contributed by atoms with E-state index in [2.05, 4.69) is 0 Å². The second-order valence-electron chi connectivity index (χ2n) is 3.04. The smallest absolute Gasteiger partial charge is 0.134 e.